The Morgan fingerprint density at radius 3 is 2.48 bits per heavy atom. The highest BCUT2D eigenvalue weighted by atomic mass is 16.4. The summed E-state index contributed by atoms with van der Waals surface area (Å²) < 4.78 is 0. The van der Waals surface area contributed by atoms with Gasteiger partial charge in [-0.25, -0.2) is 9.59 Å². The molecular weight excluding hydrogens is 270 g/mol. The van der Waals surface area contributed by atoms with Crippen LogP contribution < -0.4 is 10.6 Å². The largest absolute Gasteiger partial charge is 0.479 e. The van der Waals surface area contributed by atoms with Gasteiger partial charge in [0.05, 0.1) is 0 Å². The predicted octanol–water partition coefficient (Wildman–Crippen LogP) is 1.21. The monoisotopic (exact) mass is 291 g/mol. The van der Waals surface area contributed by atoms with E-state index in [0.29, 0.717) is 12.1 Å². The van der Waals surface area contributed by atoms with Gasteiger partial charge < -0.3 is 20.6 Å². The number of benzene rings is 1. The third-order valence-corrected chi connectivity index (χ3v) is 3.57. The minimum Gasteiger partial charge on any atom is -0.479 e. The lowest BCUT2D eigenvalue weighted by Gasteiger charge is -2.17. The SMILES string of the molecule is O=C(NCCN1CCCC1)NC(C(=O)O)c1ccccc1. The van der Waals surface area contributed by atoms with Crippen molar-refractivity contribution in [1.82, 2.24) is 15.5 Å². The Hall–Kier alpha value is -2.08. The number of carboxylic acid groups (broad SMARTS) is 1. The fraction of sp³-hybridized carbons (Fsp3) is 0.467. The van der Waals surface area contributed by atoms with Gasteiger partial charge in [0.15, 0.2) is 6.04 Å². The van der Waals surface area contributed by atoms with Gasteiger partial charge in [-0.3, -0.25) is 0 Å². The van der Waals surface area contributed by atoms with Crippen molar-refractivity contribution in [2.75, 3.05) is 26.2 Å². The summed E-state index contributed by atoms with van der Waals surface area (Å²) >= 11 is 0. The third-order valence-electron chi connectivity index (χ3n) is 3.57. The number of aliphatic carboxylic acids is 1. The molecule has 114 valence electrons. The van der Waals surface area contributed by atoms with Crippen LogP contribution >= 0.6 is 0 Å². The molecule has 1 aromatic carbocycles. The van der Waals surface area contributed by atoms with Crippen LogP contribution in [-0.2, 0) is 4.79 Å². The molecule has 1 saturated heterocycles. The topological polar surface area (TPSA) is 81.7 Å². The van der Waals surface area contributed by atoms with Crippen molar-refractivity contribution in [2.45, 2.75) is 18.9 Å². The molecule has 2 amide bonds. The Morgan fingerprint density at radius 1 is 1.19 bits per heavy atom. The first kappa shape index (κ1) is 15.3. The van der Waals surface area contributed by atoms with Gasteiger partial charge in [0, 0.05) is 13.1 Å². The Morgan fingerprint density at radius 2 is 1.86 bits per heavy atom. The van der Waals surface area contributed by atoms with E-state index < -0.39 is 18.0 Å². The van der Waals surface area contributed by atoms with E-state index in [4.69, 9.17) is 0 Å². The molecule has 21 heavy (non-hydrogen) atoms. The fourth-order valence-electron chi connectivity index (χ4n) is 2.45. The number of likely N-dealkylation sites (tertiary alicyclic amines) is 1. The highest BCUT2D eigenvalue weighted by Crippen LogP contribution is 2.12. The molecule has 2 rings (SSSR count). The zero-order valence-electron chi connectivity index (χ0n) is 11.9. The number of amides is 2. The summed E-state index contributed by atoms with van der Waals surface area (Å²) in [5.74, 6) is -1.07. The molecular formula is C15H21N3O3. The van der Waals surface area contributed by atoms with Crippen molar-refractivity contribution < 1.29 is 14.7 Å². The van der Waals surface area contributed by atoms with Crippen LogP contribution in [0.3, 0.4) is 0 Å². The maximum atomic E-state index is 11.8. The van der Waals surface area contributed by atoms with Gasteiger partial charge in [-0.05, 0) is 31.5 Å². The van der Waals surface area contributed by atoms with Crippen molar-refractivity contribution in [3.63, 3.8) is 0 Å². The highest BCUT2D eigenvalue weighted by Gasteiger charge is 2.21. The normalized spacial score (nSPS) is 16.4. The molecule has 3 N–H and O–H groups in total. The van der Waals surface area contributed by atoms with Crippen LogP contribution in [0.5, 0.6) is 0 Å². The Kier molecular flexibility index (Phi) is 5.57. The van der Waals surface area contributed by atoms with Gasteiger partial charge in [-0.2, -0.15) is 0 Å². The van der Waals surface area contributed by atoms with Crippen LogP contribution in [-0.4, -0.2) is 48.2 Å². The van der Waals surface area contributed by atoms with E-state index in [-0.39, 0.29) is 0 Å². The van der Waals surface area contributed by atoms with Crippen molar-refractivity contribution in [3.8, 4) is 0 Å². The van der Waals surface area contributed by atoms with Crippen LogP contribution in [0.1, 0.15) is 24.4 Å². The molecule has 1 heterocycles. The smallest absolute Gasteiger partial charge is 0.330 e. The number of hydrogen-bond donors (Lipinski definition) is 3. The van der Waals surface area contributed by atoms with E-state index in [1.165, 1.54) is 12.8 Å². The summed E-state index contributed by atoms with van der Waals surface area (Å²) in [6.07, 6.45) is 2.42. The molecule has 1 atom stereocenters. The van der Waals surface area contributed by atoms with Gasteiger partial charge in [0.2, 0.25) is 0 Å². The second-order valence-electron chi connectivity index (χ2n) is 5.13. The maximum absolute atomic E-state index is 11.8. The van der Waals surface area contributed by atoms with E-state index in [2.05, 4.69) is 15.5 Å². The van der Waals surface area contributed by atoms with Crippen molar-refractivity contribution in [1.29, 1.82) is 0 Å². The second kappa shape index (κ2) is 7.64. The summed E-state index contributed by atoms with van der Waals surface area (Å²) in [5.41, 5.74) is 0.555. The van der Waals surface area contributed by atoms with E-state index in [9.17, 15) is 14.7 Å². The quantitative estimate of drug-likeness (QED) is 0.736. The second-order valence-corrected chi connectivity index (χ2v) is 5.13. The van der Waals surface area contributed by atoms with Crippen LogP contribution in [0.25, 0.3) is 0 Å². The van der Waals surface area contributed by atoms with E-state index >= 15 is 0 Å². The maximum Gasteiger partial charge on any atom is 0.330 e. The molecule has 0 radical (unpaired) electrons. The van der Waals surface area contributed by atoms with E-state index in [0.717, 1.165) is 19.6 Å². The Labute approximate surface area is 124 Å². The summed E-state index contributed by atoms with van der Waals surface area (Å²) in [7, 11) is 0. The molecule has 1 unspecified atom stereocenters. The highest BCUT2D eigenvalue weighted by molar-refractivity contribution is 5.83. The third kappa shape index (κ3) is 4.75. The van der Waals surface area contributed by atoms with Gasteiger partial charge in [-0.1, -0.05) is 30.3 Å². The van der Waals surface area contributed by atoms with Gasteiger partial charge in [0.1, 0.15) is 0 Å². The average Bonchev–Trinajstić information content (AvgIpc) is 2.98. The first-order valence-corrected chi connectivity index (χ1v) is 7.21. The summed E-state index contributed by atoms with van der Waals surface area (Å²) in [5, 5.41) is 14.4. The number of hydrogen-bond acceptors (Lipinski definition) is 3. The number of urea groups is 1. The lowest BCUT2D eigenvalue weighted by molar-refractivity contribution is -0.139. The van der Waals surface area contributed by atoms with Gasteiger partial charge >= 0.3 is 12.0 Å². The van der Waals surface area contributed by atoms with Crippen LogP contribution in [0.15, 0.2) is 30.3 Å². The fourth-order valence-corrected chi connectivity index (χ4v) is 2.45. The molecule has 0 saturated carbocycles. The molecule has 0 aromatic heterocycles. The number of carbonyl (C=O) groups is 2. The zero-order valence-corrected chi connectivity index (χ0v) is 11.9. The van der Waals surface area contributed by atoms with Crippen molar-refractivity contribution in [2.24, 2.45) is 0 Å². The number of rotatable bonds is 6. The van der Waals surface area contributed by atoms with Crippen LogP contribution in [0, 0.1) is 0 Å². The first-order valence-electron chi connectivity index (χ1n) is 7.21. The molecule has 0 bridgehead atoms. The molecule has 1 aliphatic heterocycles. The van der Waals surface area contributed by atoms with Crippen molar-refractivity contribution >= 4 is 12.0 Å². The molecule has 1 fully saturated rings. The summed E-state index contributed by atoms with van der Waals surface area (Å²) in [6, 6.07) is 7.19. The molecule has 6 heteroatoms. The predicted molar refractivity (Wildman–Crippen MR) is 79.0 cm³/mol. The molecule has 6 nitrogen and oxygen atoms in total. The summed E-state index contributed by atoms with van der Waals surface area (Å²) in [4.78, 5) is 25.4. The molecule has 0 aliphatic carbocycles. The van der Waals surface area contributed by atoms with Crippen molar-refractivity contribution in [3.05, 3.63) is 35.9 Å². The lowest BCUT2D eigenvalue weighted by atomic mass is 10.1. The van der Waals surface area contributed by atoms with Gasteiger partial charge in [-0.15, -0.1) is 0 Å². The lowest BCUT2D eigenvalue weighted by Crippen LogP contribution is -2.43. The molecule has 1 aliphatic rings. The number of carbonyl (C=O) groups excluding carboxylic acids is 1. The Bertz CT molecular complexity index is 472. The molecule has 0 spiro atoms. The molecule has 1 aromatic rings. The standard InChI is InChI=1S/C15H21N3O3/c19-14(20)13(12-6-2-1-3-7-12)17-15(21)16-8-11-18-9-4-5-10-18/h1-3,6-7,13H,4-5,8-11H2,(H,19,20)(H2,16,17,21). The number of nitrogens with zero attached hydrogens (tertiary/aromatic N) is 1. The summed E-state index contributed by atoms with van der Waals surface area (Å²) in [6.45, 7) is 3.47. The number of carboxylic acids is 1. The van der Waals surface area contributed by atoms with E-state index in [1.54, 1.807) is 30.3 Å². The zero-order chi connectivity index (χ0) is 15.1. The minimum atomic E-state index is -1.07. The number of nitrogens with one attached hydrogen (secondary N) is 2. The minimum absolute atomic E-state index is 0.453. The van der Waals surface area contributed by atoms with Crippen LogP contribution in [0.4, 0.5) is 4.79 Å². The average molecular weight is 291 g/mol. The van der Waals surface area contributed by atoms with Gasteiger partial charge in [0.25, 0.3) is 0 Å². The van der Waals surface area contributed by atoms with E-state index in [1.807, 2.05) is 0 Å². The van der Waals surface area contributed by atoms with Crippen LogP contribution in [0.2, 0.25) is 0 Å². The first-order chi connectivity index (χ1) is 10.2. The Balaban J connectivity index is 1.80.